The first-order valence-corrected chi connectivity index (χ1v) is 22.2. The van der Waals surface area contributed by atoms with E-state index in [1.165, 1.54) is 16.3 Å². The molecule has 19 nitrogen and oxygen atoms in total. The third-order valence-electron chi connectivity index (χ3n) is 11.8. The van der Waals surface area contributed by atoms with Crippen LogP contribution in [0.2, 0.25) is 0 Å². The highest BCUT2D eigenvalue weighted by Gasteiger charge is 2.38. The summed E-state index contributed by atoms with van der Waals surface area (Å²) in [4.78, 5) is 97.2. The molecule has 7 rings (SSSR count). The first-order valence-electron chi connectivity index (χ1n) is 22.2. The number of nitrogens with one attached hydrogen (secondary N) is 7. The highest BCUT2D eigenvalue weighted by molar-refractivity contribution is 5.96. The molecule has 19 heteroatoms. The van der Waals surface area contributed by atoms with Gasteiger partial charge in [-0.15, -0.1) is 0 Å². The SMILES string of the molecule is NCCCC[C@H](NC(=O)[C@H](Cc1ccccc1)NC(=O)[C@H](Cc1c[nH]c2ccccc12)NC(=O)N1CCCN1C(=O)[C@H](Cc1c[nH]c2ccccc12)NC(=O)[C@@H](N)Cc1cnc[nH]1)C(N)=O. The second-order valence-corrected chi connectivity index (χ2v) is 16.5. The normalized spacial score (nSPS) is 14.9. The Labute approximate surface area is 381 Å². The number of fused-ring (bicyclic) bond motifs is 2. The molecule has 7 amide bonds. The summed E-state index contributed by atoms with van der Waals surface area (Å²) in [5, 5.41) is 15.5. The molecular weight excluding hydrogens is 843 g/mol. The van der Waals surface area contributed by atoms with Crippen LogP contribution in [-0.4, -0.2) is 115 Å². The molecule has 1 saturated heterocycles. The molecule has 5 atom stereocenters. The molecule has 3 aromatic heterocycles. The summed E-state index contributed by atoms with van der Waals surface area (Å²) in [6.07, 6.45) is 8.72. The minimum atomic E-state index is -1.26. The molecule has 4 heterocycles. The Morgan fingerprint density at radius 2 is 1.21 bits per heavy atom. The predicted octanol–water partition coefficient (Wildman–Crippen LogP) is 1.57. The lowest BCUT2D eigenvalue weighted by molar-refractivity contribution is -0.144. The second kappa shape index (κ2) is 21.9. The van der Waals surface area contributed by atoms with E-state index in [2.05, 4.69) is 41.2 Å². The molecule has 3 aromatic carbocycles. The second-order valence-electron chi connectivity index (χ2n) is 16.5. The van der Waals surface area contributed by atoms with Crippen molar-refractivity contribution in [3.63, 3.8) is 0 Å². The fourth-order valence-electron chi connectivity index (χ4n) is 8.29. The number of nitrogens with two attached hydrogens (primary N) is 3. The lowest BCUT2D eigenvalue weighted by atomic mass is 10.0. The molecule has 13 N–H and O–H groups in total. The van der Waals surface area contributed by atoms with Crippen molar-refractivity contribution in [3.05, 3.63) is 126 Å². The molecule has 1 aliphatic heterocycles. The highest BCUT2D eigenvalue weighted by Crippen LogP contribution is 2.23. The monoisotopic (exact) mass is 899 g/mol. The average molecular weight is 900 g/mol. The number of carbonyl (C=O) groups is 6. The predicted molar refractivity (Wildman–Crippen MR) is 248 cm³/mol. The number of aromatic amines is 3. The van der Waals surface area contributed by atoms with Gasteiger partial charge in [-0.1, -0.05) is 66.7 Å². The Morgan fingerprint density at radius 1 is 0.636 bits per heavy atom. The molecule has 1 fully saturated rings. The van der Waals surface area contributed by atoms with Crippen LogP contribution in [-0.2, 0) is 49.7 Å². The number of hydrogen-bond donors (Lipinski definition) is 10. The zero-order valence-corrected chi connectivity index (χ0v) is 36.5. The summed E-state index contributed by atoms with van der Waals surface area (Å²) in [5.41, 5.74) is 22.2. The van der Waals surface area contributed by atoms with E-state index in [0.717, 1.165) is 32.9 Å². The molecule has 346 valence electrons. The van der Waals surface area contributed by atoms with Crippen LogP contribution in [0, 0.1) is 0 Å². The molecule has 1 aliphatic rings. The molecule has 0 spiro atoms. The van der Waals surface area contributed by atoms with E-state index < -0.39 is 65.8 Å². The molecule has 6 aromatic rings. The van der Waals surface area contributed by atoms with Gasteiger partial charge in [0, 0.05) is 84.9 Å². The minimum Gasteiger partial charge on any atom is -0.368 e. The Bertz CT molecular complexity index is 2610. The summed E-state index contributed by atoms with van der Waals surface area (Å²) < 4.78 is 0. The maximum atomic E-state index is 14.7. The summed E-state index contributed by atoms with van der Waals surface area (Å²) in [6, 6.07) is 17.8. The fraction of sp³-hybridized carbons (Fsp3) is 0.340. The van der Waals surface area contributed by atoms with Crippen molar-refractivity contribution in [2.45, 2.75) is 81.6 Å². The summed E-state index contributed by atoms with van der Waals surface area (Å²) in [7, 11) is 0. The number of carbonyl (C=O) groups excluding carboxylic acids is 6. The maximum Gasteiger partial charge on any atom is 0.336 e. The van der Waals surface area contributed by atoms with Gasteiger partial charge in [-0.3, -0.25) is 24.0 Å². The number of para-hydroxylation sites is 2. The van der Waals surface area contributed by atoms with Gasteiger partial charge in [0.1, 0.15) is 24.2 Å². The average Bonchev–Trinajstić information content (AvgIpc) is 4.17. The molecule has 66 heavy (non-hydrogen) atoms. The number of aromatic nitrogens is 4. The van der Waals surface area contributed by atoms with Gasteiger partial charge in [-0.2, -0.15) is 0 Å². The number of urea groups is 1. The standard InChI is InChI=1S/C47H57N13O6/c48-18-9-8-17-38(42(50)61)55-44(63)39(21-29-11-2-1-3-12-29)56-45(64)40(22-30-25-52-36-15-6-4-13-33(30)36)58-47(66)60-20-10-19-59(60)46(65)41(23-31-26-53-37-16-7-5-14-34(31)37)57-43(62)35(49)24-32-27-51-28-54-32/h1-7,11-16,25-28,35,38-41,52-53H,8-10,17-24,48-49H2,(H2,50,61)(H,51,54)(H,55,63)(H,56,64)(H,57,62)(H,58,66)/t35-,38-,39-,40-,41-/m0/s1. The largest absolute Gasteiger partial charge is 0.368 e. The Kier molecular flexibility index (Phi) is 15.4. The number of primary amides is 1. The van der Waals surface area contributed by atoms with Crippen LogP contribution >= 0.6 is 0 Å². The van der Waals surface area contributed by atoms with E-state index in [1.807, 2.05) is 66.7 Å². The van der Waals surface area contributed by atoms with E-state index in [4.69, 9.17) is 17.2 Å². The van der Waals surface area contributed by atoms with Crippen LogP contribution in [0.25, 0.3) is 21.8 Å². The van der Waals surface area contributed by atoms with E-state index >= 15 is 0 Å². The number of unbranched alkanes of at least 4 members (excludes halogenated alkanes) is 1. The molecule has 0 saturated carbocycles. The quantitative estimate of drug-likeness (QED) is 0.0469. The van der Waals surface area contributed by atoms with Crippen LogP contribution in [0.3, 0.4) is 0 Å². The third kappa shape index (κ3) is 11.6. The van der Waals surface area contributed by atoms with Crippen molar-refractivity contribution in [1.29, 1.82) is 0 Å². The van der Waals surface area contributed by atoms with Crippen LogP contribution in [0.1, 0.15) is 48.1 Å². The number of benzene rings is 3. The smallest absolute Gasteiger partial charge is 0.336 e. The minimum absolute atomic E-state index is 0.000481. The molecular formula is C47H57N13O6. The van der Waals surface area contributed by atoms with Crippen molar-refractivity contribution in [2.75, 3.05) is 19.6 Å². The van der Waals surface area contributed by atoms with Crippen molar-refractivity contribution in [1.82, 2.24) is 51.2 Å². The molecule has 0 aliphatic carbocycles. The molecule has 0 radical (unpaired) electrons. The van der Waals surface area contributed by atoms with E-state index in [1.54, 1.807) is 30.7 Å². The summed E-state index contributed by atoms with van der Waals surface area (Å²) >= 11 is 0. The van der Waals surface area contributed by atoms with Gasteiger partial charge in [0.25, 0.3) is 5.91 Å². The number of rotatable bonds is 21. The number of imidazole rings is 1. The van der Waals surface area contributed by atoms with E-state index in [-0.39, 0.29) is 45.2 Å². The summed E-state index contributed by atoms with van der Waals surface area (Å²) in [5.74, 6) is -3.16. The number of H-pyrrole nitrogens is 3. The van der Waals surface area contributed by atoms with Gasteiger partial charge in [0.05, 0.1) is 12.4 Å². The maximum absolute atomic E-state index is 14.7. The van der Waals surface area contributed by atoms with Crippen molar-refractivity contribution in [3.8, 4) is 0 Å². The van der Waals surface area contributed by atoms with Crippen molar-refractivity contribution < 1.29 is 28.8 Å². The van der Waals surface area contributed by atoms with E-state index in [9.17, 15) is 28.8 Å². The van der Waals surface area contributed by atoms with Crippen LogP contribution < -0.4 is 38.5 Å². The van der Waals surface area contributed by atoms with Gasteiger partial charge in [0.2, 0.25) is 23.6 Å². The number of amides is 7. The van der Waals surface area contributed by atoms with Gasteiger partial charge >= 0.3 is 6.03 Å². The Morgan fingerprint density at radius 3 is 1.83 bits per heavy atom. The zero-order chi connectivity index (χ0) is 46.6. The third-order valence-corrected chi connectivity index (χ3v) is 11.8. The van der Waals surface area contributed by atoms with Crippen LogP contribution in [0.15, 0.2) is 104 Å². The molecule has 0 unspecified atom stereocenters. The van der Waals surface area contributed by atoms with Crippen molar-refractivity contribution in [2.24, 2.45) is 17.2 Å². The number of hydrogen-bond acceptors (Lipinski definition) is 9. The Balaban J connectivity index is 1.14. The number of nitrogens with zero attached hydrogens (tertiary/aromatic N) is 3. The van der Waals surface area contributed by atoms with Crippen molar-refractivity contribution >= 4 is 57.4 Å². The Hall–Kier alpha value is -7.51. The summed E-state index contributed by atoms with van der Waals surface area (Å²) in [6.45, 7) is 0.685. The van der Waals surface area contributed by atoms with Gasteiger partial charge in [-0.25, -0.2) is 19.8 Å². The zero-order valence-electron chi connectivity index (χ0n) is 36.5. The lowest BCUT2D eigenvalue weighted by Crippen LogP contribution is -2.61. The lowest BCUT2D eigenvalue weighted by Gasteiger charge is -2.33. The van der Waals surface area contributed by atoms with Gasteiger partial charge < -0.3 is 53.4 Å². The number of hydrazine groups is 1. The van der Waals surface area contributed by atoms with Gasteiger partial charge in [0.15, 0.2) is 0 Å². The topological polar surface area (TPSA) is 295 Å². The van der Waals surface area contributed by atoms with Crippen LogP contribution in [0.4, 0.5) is 4.79 Å². The van der Waals surface area contributed by atoms with Gasteiger partial charge in [-0.05, 0) is 61.1 Å². The first-order chi connectivity index (χ1) is 32.0. The van der Waals surface area contributed by atoms with E-state index in [0.29, 0.717) is 37.1 Å². The highest BCUT2D eigenvalue weighted by atomic mass is 16.2. The first kappa shape index (κ1) is 46.5. The molecule has 0 bridgehead atoms. The van der Waals surface area contributed by atoms with Crippen LogP contribution in [0.5, 0.6) is 0 Å². The fourth-order valence-corrected chi connectivity index (χ4v) is 8.29.